The second-order valence-corrected chi connectivity index (χ2v) is 5.43. The molecule has 3 atom stereocenters. The highest BCUT2D eigenvalue weighted by atomic mass is 32.2. The predicted octanol–water partition coefficient (Wildman–Crippen LogP) is 1.55. The summed E-state index contributed by atoms with van der Waals surface area (Å²) in [6.45, 7) is 6.04. The van der Waals surface area contributed by atoms with Gasteiger partial charge in [-0.2, -0.15) is 11.8 Å². The Morgan fingerprint density at radius 2 is 2.38 bits per heavy atom. The fourth-order valence-electron chi connectivity index (χ4n) is 2.06. The lowest BCUT2D eigenvalue weighted by molar-refractivity contribution is -0.122. The van der Waals surface area contributed by atoms with Crippen molar-refractivity contribution >= 4 is 17.7 Å². The van der Waals surface area contributed by atoms with Gasteiger partial charge in [-0.25, -0.2) is 0 Å². The van der Waals surface area contributed by atoms with Crippen LogP contribution in [0, 0.1) is 0 Å². The van der Waals surface area contributed by atoms with Crippen molar-refractivity contribution in [2.75, 3.05) is 12.8 Å². The van der Waals surface area contributed by atoms with E-state index in [1.54, 1.807) is 6.08 Å². The Bertz CT molecular complexity index is 245. The van der Waals surface area contributed by atoms with Crippen LogP contribution in [0.5, 0.6) is 0 Å². The maximum atomic E-state index is 11.6. The van der Waals surface area contributed by atoms with Crippen molar-refractivity contribution in [2.24, 2.45) is 0 Å². The van der Waals surface area contributed by atoms with Gasteiger partial charge in [-0.3, -0.25) is 4.79 Å². The molecule has 0 aromatic rings. The van der Waals surface area contributed by atoms with Crippen molar-refractivity contribution < 1.29 is 4.79 Å². The number of hydrogen-bond acceptors (Lipinski definition) is 3. The van der Waals surface area contributed by atoms with Crippen molar-refractivity contribution in [3.63, 3.8) is 0 Å². The van der Waals surface area contributed by atoms with E-state index in [1.165, 1.54) is 19.3 Å². The molecular weight excluding hydrogens is 220 g/mol. The summed E-state index contributed by atoms with van der Waals surface area (Å²) in [5, 5.41) is 6.96. The minimum Gasteiger partial charge on any atom is -0.351 e. The topological polar surface area (TPSA) is 41.1 Å². The van der Waals surface area contributed by atoms with Crippen LogP contribution in [0.3, 0.4) is 0 Å². The summed E-state index contributed by atoms with van der Waals surface area (Å²) in [5.74, 6) is 0.0625. The van der Waals surface area contributed by atoms with Crippen molar-refractivity contribution in [1.82, 2.24) is 10.6 Å². The van der Waals surface area contributed by atoms with Gasteiger partial charge in [-0.05, 0) is 32.4 Å². The first-order valence-electron chi connectivity index (χ1n) is 5.84. The lowest BCUT2D eigenvalue weighted by Gasteiger charge is -2.18. The molecule has 2 N–H and O–H groups in total. The summed E-state index contributed by atoms with van der Waals surface area (Å²) in [4.78, 5) is 11.6. The minimum atomic E-state index is -0.106. The van der Waals surface area contributed by atoms with Crippen LogP contribution in [0.25, 0.3) is 0 Å². The molecule has 1 aliphatic rings. The Balaban J connectivity index is 2.26. The molecule has 1 aliphatic carbocycles. The molecule has 92 valence electrons. The Labute approximate surface area is 102 Å². The normalized spacial score (nSPS) is 26.4. The number of nitrogens with one attached hydrogen (secondary N) is 2. The van der Waals surface area contributed by atoms with E-state index < -0.39 is 0 Å². The molecule has 1 fully saturated rings. The quantitative estimate of drug-likeness (QED) is 0.694. The second kappa shape index (κ2) is 6.97. The summed E-state index contributed by atoms with van der Waals surface area (Å²) < 4.78 is 0. The average molecular weight is 242 g/mol. The van der Waals surface area contributed by atoms with Gasteiger partial charge in [0.15, 0.2) is 0 Å². The number of rotatable bonds is 6. The Morgan fingerprint density at radius 3 is 2.94 bits per heavy atom. The summed E-state index contributed by atoms with van der Waals surface area (Å²) >= 11 is 1.93. The molecular formula is C12H22N2OS. The number of hydrogen-bond donors (Lipinski definition) is 2. The highest BCUT2D eigenvalue weighted by molar-refractivity contribution is 7.99. The molecule has 0 heterocycles. The van der Waals surface area contributed by atoms with Crippen LogP contribution in [-0.2, 0) is 4.79 Å². The first-order chi connectivity index (χ1) is 7.67. The molecule has 1 amide bonds. The molecule has 0 aromatic heterocycles. The Hall–Kier alpha value is -0.480. The van der Waals surface area contributed by atoms with Gasteiger partial charge in [0.25, 0.3) is 0 Å². The van der Waals surface area contributed by atoms with Crippen LogP contribution < -0.4 is 10.6 Å². The van der Waals surface area contributed by atoms with Crippen LogP contribution in [0.2, 0.25) is 0 Å². The smallest absolute Gasteiger partial charge is 0.237 e. The van der Waals surface area contributed by atoms with E-state index in [9.17, 15) is 4.79 Å². The van der Waals surface area contributed by atoms with Crippen LogP contribution in [-0.4, -0.2) is 36.0 Å². The monoisotopic (exact) mass is 242 g/mol. The molecule has 0 aliphatic heterocycles. The third-order valence-electron chi connectivity index (χ3n) is 3.02. The van der Waals surface area contributed by atoms with E-state index in [1.807, 2.05) is 18.7 Å². The van der Waals surface area contributed by atoms with E-state index in [0.717, 1.165) is 5.25 Å². The average Bonchev–Trinajstić information content (AvgIpc) is 2.73. The van der Waals surface area contributed by atoms with Gasteiger partial charge in [0.05, 0.1) is 6.04 Å². The van der Waals surface area contributed by atoms with Gasteiger partial charge < -0.3 is 10.6 Å². The van der Waals surface area contributed by atoms with E-state index in [4.69, 9.17) is 0 Å². The summed E-state index contributed by atoms with van der Waals surface area (Å²) in [6.07, 6.45) is 7.49. The molecule has 1 saturated carbocycles. The molecule has 1 rings (SSSR count). The van der Waals surface area contributed by atoms with Crippen molar-refractivity contribution in [2.45, 2.75) is 43.5 Å². The minimum absolute atomic E-state index is 0.0625. The molecule has 4 heteroatoms. The standard InChI is InChI=1S/C12H22N2OS/c1-4-7-13-12(15)9(2)14-10-5-6-11(8-10)16-3/h4,9-11,14H,1,5-8H2,2-3H3,(H,13,15). The number of carbonyl (C=O) groups is 1. The summed E-state index contributed by atoms with van der Waals surface area (Å²) in [7, 11) is 0. The van der Waals surface area contributed by atoms with Gasteiger partial charge in [0.2, 0.25) is 5.91 Å². The first-order valence-corrected chi connectivity index (χ1v) is 7.13. The summed E-state index contributed by atoms with van der Waals surface area (Å²) in [6, 6.07) is 0.396. The van der Waals surface area contributed by atoms with Crippen LogP contribution in [0.15, 0.2) is 12.7 Å². The lowest BCUT2D eigenvalue weighted by atomic mass is 10.2. The fourth-order valence-corrected chi connectivity index (χ4v) is 2.86. The van der Waals surface area contributed by atoms with Crippen molar-refractivity contribution in [3.8, 4) is 0 Å². The van der Waals surface area contributed by atoms with Crippen LogP contribution in [0.4, 0.5) is 0 Å². The number of amides is 1. The highest BCUT2D eigenvalue weighted by Gasteiger charge is 2.26. The number of carbonyl (C=O) groups excluding carboxylic acids is 1. The van der Waals surface area contributed by atoms with Crippen molar-refractivity contribution in [1.29, 1.82) is 0 Å². The Kier molecular flexibility index (Phi) is 5.91. The van der Waals surface area contributed by atoms with Crippen LogP contribution in [0.1, 0.15) is 26.2 Å². The SMILES string of the molecule is C=CCNC(=O)C(C)NC1CCC(SC)C1. The van der Waals surface area contributed by atoms with Gasteiger partial charge >= 0.3 is 0 Å². The van der Waals surface area contributed by atoms with E-state index in [-0.39, 0.29) is 11.9 Å². The second-order valence-electron chi connectivity index (χ2n) is 4.29. The van der Waals surface area contributed by atoms with Gasteiger partial charge in [-0.1, -0.05) is 6.08 Å². The fraction of sp³-hybridized carbons (Fsp3) is 0.750. The molecule has 0 aromatic carbocycles. The molecule has 3 nitrogen and oxygen atoms in total. The van der Waals surface area contributed by atoms with Crippen LogP contribution >= 0.6 is 11.8 Å². The molecule has 3 unspecified atom stereocenters. The maximum Gasteiger partial charge on any atom is 0.237 e. The molecule has 0 saturated heterocycles. The maximum absolute atomic E-state index is 11.6. The van der Waals surface area contributed by atoms with E-state index in [0.29, 0.717) is 12.6 Å². The molecule has 0 spiro atoms. The Morgan fingerprint density at radius 1 is 1.62 bits per heavy atom. The van der Waals surface area contributed by atoms with E-state index in [2.05, 4.69) is 23.5 Å². The zero-order chi connectivity index (χ0) is 12.0. The molecule has 16 heavy (non-hydrogen) atoms. The predicted molar refractivity (Wildman–Crippen MR) is 70.7 cm³/mol. The van der Waals surface area contributed by atoms with Crippen molar-refractivity contribution in [3.05, 3.63) is 12.7 Å². The zero-order valence-corrected chi connectivity index (χ0v) is 11.0. The summed E-state index contributed by atoms with van der Waals surface area (Å²) in [5.41, 5.74) is 0. The molecule has 0 bridgehead atoms. The largest absolute Gasteiger partial charge is 0.351 e. The number of thioether (sulfide) groups is 1. The highest BCUT2D eigenvalue weighted by Crippen LogP contribution is 2.28. The third kappa shape index (κ3) is 4.18. The van der Waals surface area contributed by atoms with Gasteiger partial charge in [0.1, 0.15) is 0 Å². The first kappa shape index (κ1) is 13.6. The van der Waals surface area contributed by atoms with Gasteiger partial charge in [-0.15, -0.1) is 6.58 Å². The van der Waals surface area contributed by atoms with Gasteiger partial charge in [0, 0.05) is 17.8 Å². The lowest BCUT2D eigenvalue weighted by Crippen LogP contribution is -2.46. The molecule has 0 radical (unpaired) electrons. The van der Waals surface area contributed by atoms with E-state index >= 15 is 0 Å². The zero-order valence-electron chi connectivity index (χ0n) is 10.2. The third-order valence-corrected chi connectivity index (χ3v) is 4.11.